The fraction of sp³-hybridized carbons (Fsp3) is 0.308. The fourth-order valence-electron chi connectivity index (χ4n) is 1.61. The molecule has 1 aromatic carbocycles. The summed E-state index contributed by atoms with van der Waals surface area (Å²) in [5.74, 6) is -0.793. The minimum atomic E-state index is -0.793. The van der Waals surface area contributed by atoms with Crippen molar-refractivity contribution in [3.8, 4) is 0 Å². The van der Waals surface area contributed by atoms with Gasteiger partial charge in [0.25, 0.3) is 0 Å². The van der Waals surface area contributed by atoms with Crippen LogP contribution in [0.25, 0.3) is 5.57 Å². The summed E-state index contributed by atoms with van der Waals surface area (Å²) in [5, 5.41) is 8.67. The Morgan fingerprint density at radius 2 is 2.19 bits per heavy atom. The van der Waals surface area contributed by atoms with E-state index in [2.05, 4.69) is 15.9 Å². The van der Waals surface area contributed by atoms with Crippen molar-refractivity contribution in [1.82, 2.24) is 0 Å². The van der Waals surface area contributed by atoms with Gasteiger partial charge in [-0.25, -0.2) is 0 Å². The molecule has 0 aliphatic rings. The Bertz CT molecular complexity index is 422. The third kappa shape index (κ3) is 3.20. The average Bonchev–Trinajstić information content (AvgIpc) is 2.24. The lowest BCUT2D eigenvalue weighted by Crippen LogP contribution is -1.94. The van der Waals surface area contributed by atoms with Crippen molar-refractivity contribution < 1.29 is 9.90 Å². The monoisotopic (exact) mass is 282 g/mol. The summed E-state index contributed by atoms with van der Waals surface area (Å²) in [7, 11) is 0. The first-order valence-electron chi connectivity index (χ1n) is 5.22. The lowest BCUT2D eigenvalue weighted by Gasteiger charge is -2.10. The van der Waals surface area contributed by atoms with E-state index in [1.165, 1.54) is 0 Å². The first-order valence-corrected chi connectivity index (χ1v) is 6.01. The van der Waals surface area contributed by atoms with Crippen LogP contribution in [0.3, 0.4) is 0 Å². The zero-order valence-electron chi connectivity index (χ0n) is 9.46. The topological polar surface area (TPSA) is 37.3 Å². The van der Waals surface area contributed by atoms with Crippen LogP contribution >= 0.6 is 15.9 Å². The molecule has 16 heavy (non-hydrogen) atoms. The number of hydrogen-bond acceptors (Lipinski definition) is 1. The van der Waals surface area contributed by atoms with Crippen molar-refractivity contribution in [2.75, 3.05) is 0 Å². The number of carboxylic acids is 1. The Morgan fingerprint density at radius 3 is 2.75 bits per heavy atom. The van der Waals surface area contributed by atoms with E-state index in [4.69, 9.17) is 5.11 Å². The van der Waals surface area contributed by atoms with Crippen molar-refractivity contribution in [3.63, 3.8) is 0 Å². The van der Waals surface area contributed by atoms with E-state index in [9.17, 15) is 4.79 Å². The Hall–Kier alpha value is -1.09. The van der Waals surface area contributed by atoms with Crippen LogP contribution < -0.4 is 0 Å². The number of hydrogen-bond donors (Lipinski definition) is 1. The van der Waals surface area contributed by atoms with Gasteiger partial charge in [0.1, 0.15) is 0 Å². The average molecular weight is 283 g/mol. The molecular weight excluding hydrogens is 268 g/mol. The Labute approximate surface area is 104 Å². The second-order valence-electron chi connectivity index (χ2n) is 3.59. The molecule has 86 valence electrons. The van der Waals surface area contributed by atoms with Crippen LogP contribution in [0.4, 0.5) is 0 Å². The largest absolute Gasteiger partial charge is 0.481 e. The SMILES string of the molecule is CC/C(=C\CC(=O)O)c1cccc(Br)c1C. The van der Waals surface area contributed by atoms with Crippen LogP contribution in [0.15, 0.2) is 28.7 Å². The highest BCUT2D eigenvalue weighted by atomic mass is 79.9. The molecular formula is C13H15BrO2. The maximum Gasteiger partial charge on any atom is 0.307 e. The minimum absolute atomic E-state index is 0.0785. The molecule has 0 unspecified atom stereocenters. The molecule has 0 saturated heterocycles. The molecule has 0 heterocycles. The van der Waals surface area contributed by atoms with Crippen molar-refractivity contribution in [1.29, 1.82) is 0 Å². The first-order chi connectivity index (χ1) is 7.56. The maximum atomic E-state index is 10.5. The van der Waals surface area contributed by atoms with Crippen LogP contribution in [0.1, 0.15) is 30.9 Å². The number of carboxylic acid groups (broad SMARTS) is 1. The van der Waals surface area contributed by atoms with Crippen LogP contribution in [-0.2, 0) is 4.79 Å². The summed E-state index contributed by atoms with van der Waals surface area (Å²) < 4.78 is 1.06. The van der Waals surface area contributed by atoms with Gasteiger partial charge in [0, 0.05) is 4.47 Å². The number of halogens is 1. The van der Waals surface area contributed by atoms with Crippen molar-refractivity contribution in [3.05, 3.63) is 39.9 Å². The fourth-order valence-corrected chi connectivity index (χ4v) is 1.98. The molecule has 1 aromatic rings. The zero-order valence-corrected chi connectivity index (χ0v) is 11.0. The van der Waals surface area contributed by atoms with Crippen molar-refractivity contribution in [2.45, 2.75) is 26.7 Å². The second kappa shape index (κ2) is 5.85. The Morgan fingerprint density at radius 1 is 1.50 bits per heavy atom. The van der Waals surface area contributed by atoms with Crippen LogP contribution in [0.2, 0.25) is 0 Å². The molecule has 0 fully saturated rings. The van der Waals surface area contributed by atoms with Gasteiger partial charge >= 0.3 is 5.97 Å². The molecule has 0 atom stereocenters. The molecule has 3 heteroatoms. The number of carbonyl (C=O) groups is 1. The summed E-state index contributed by atoms with van der Waals surface area (Å²) in [4.78, 5) is 10.5. The quantitative estimate of drug-likeness (QED) is 0.906. The number of rotatable bonds is 4. The lowest BCUT2D eigenvalue weighted by molar-refractivity contribution is -0.135. The third-order valence-corrected chi connectivity index (χ3v) is 3.38. The van der Waals surface area contributed by atoms with E-state index in [0.717, 1.165) is 27.6 Å². The lowest BCUT2D eigenvalue weighted by atomic mass is 9.98. The second-order valence-corrected chi connectivity index (χ2v) is 4.45. The molecule has 1 rings (SSSR count). The van der Waals surface area contributed by atoms with Gasteiger partial charge in [-0.05, 0) is 36.1 Å². The van der Waals surface area contributed by atoms with Gasteiger partial charge in [-0.1, -0.05) is 41.1 Å². The molecule has 0 saturated carbocycles. The highest BCUT2D eigenvalue weighted by Gasteiger charge is 2.06. The maximum absolute atomic E-state index is 10.5. The highest BCUT2D eigenvalue weighted by Crippen LogP contribution is 2.27. The van der Waals surface area contributed by atoms with Gasteiger partial charge < -0.3 is 5.11 Å². The predicted molar refractivity (Wildman–Crippen MR) is 69.4 cm³/mol. The minimum Gasteiger partial charge on any atom is -0.481 e. The zero-order chi connectivity index (χ0) is 12.1. The van der Waals surface area contributed by atoms with Crippen LogP contribution in [0.5, 0.6) is 0 Å². The molecule has 0 aliphatic carbocycles. The van der Waals surface area contributed by atoms with Gasteiger partial charge in [0.05, 0.1) is 6.42 Å². The van der Waals surface area contributed by atoms with Gasteiger partial charge in [-0.2, -0.15) is 0 Å². The van der Waals surface area contributed by atoms with Gasteiger partial charge in [0.15, 0.2) is 0 Å². The van der Waals surface area contributed by atoms with E-state index in [0.29, 0.717) is 0 Å². The summed E-state index contributed by atoms with van der Waals surface area (Å²) in [6.45, 7) is 4.07. The summed E-state index contributed by atoms with van der Waals surface area (Å²) in [5.41, 5.74) is 3.36. The van der Waals surface area contributed by atoms with E-state index in [1.807, 2.05) is 32.0 Å². The third-order valence-electron chi connectivity index (χ3n) is 2.52. The summed E-state index contributed by atoms with van der Waals surface area (Å²) >= 11 is 3.48. The molecule has 0 aromatic heterocycles. The van der Waals surface area contributed by atoms with E-state index in [1.54, 1.807) is 6.08 Å². The number of benzene rings is 1. The molecule has 0 amide bonds. The molecule has 0 radical (unpaired) electrons. The summed E-state index contributed by atoms with van der Waals surface area (Å²) in [6.07, 6.45) is 2.71. The van der Waals surface area contributed by atoms with Crippen LogP contribution in [0, 0.1) is 6.92 Å². The highest BCUT2D eigenvalue weighted by molar-refractivity contribution is 9.10. The standard InChI is InChI=1S/C13H15BrO2/c1-3-10(7-8-13(15)16)11-5-4-6-12(14)9(11)2/h4-7H,3,8H2,1-2H3,(H,15,16)/b10-7+. The number of allylic oxidation sites excluding steroid dienone is 1. The van der Waals surface area contributed by atoms with E-state index >= 15 is 0 Å². The predicted octanol–water partition coefficient (Wildman–Crippen LogP) is 4.03. The normalized spacial score (nSPS) is 11.6. The van der Waals surface area contributed by atoms with Gasteiger partial charge in [-0.3, -0.25) is 4.79 Å². The molecule has 0 spiro atoms. The summed E-state index contributed by atoms with van der Waals surface area (Å²) in [6, 6.07) is 5.98. The van der Waals surface area contributed by atoms with Crippen LogP contribution in [-0.4, -0.2) is 11.1 Å². The van der Waals surface area contributed by atoms with Crippen molar-refractivity contribution in [2.24, 2.45) is 0 Å². The molecule has 1 N–H and O–H groups in total. The molecule has 0 aliphatic heterocycles. The number of aliphatic carboxylic acids is 1. The first kappa shape index (κ1) is 13.0. The Kier molecular flexibility index (Phi) is 4.74. The smallest absolute Gasteiger partial charge is 0.307 e. The Balaban J connectivity index is 3.08. The van der Waals surface area contributed by atoms with E-state index < -0.39 is 5.97 Å². The van der Waals surface area contributed by atoms with E-state index in [-0.39, 0.29) is 6.42 Å². The molecule has 2 nitrogen and oxygen atoms in total. The van der Waals surface area contributed by atoms with Gasteiger partial charge in [0.2, 0.25) is 0 Å². The van der Waals surface area contributed by atoms with Crippen molar-refractivity contribution >= 4 is 27.5 Å². The van der Waals surface area contributed by atoms with Gasteiger partial charge in [-0.15, -0.1) is 0 Å². The molecule has 0 bridgehead atoms.